The Labute approximate surface area is 108 Å². The van der Waals surface area contributed by atoms with Crippen LogP contribution in [0.5, 0.6) is 0 Å². The molecule has 1 aromatic heterocycles. The average Bonchev–Trinajstić information content (AvgIpc) is 2.76. The lowest BCUT2D eigenvalue weighted by Gasteiger charge is -2.04. The summed E-state index contributed by atoms with van der Waals surface area (Å²) in [5, 5.41) is 5.67. The second-order valence-electron chi connectivity index (χ2n) is 4.29. The van der Waals surface area contributed by atoms with Crippen LogP contribution in [0.25, 0.3) is 0 Å². The molecular weight excluding hydrogens is 226 g/mol. The van der Waals surface area contributed by atoms with Crippen molar-refractivity contribution in [3.05, 3.63) is 57.8 Å². The monoisotopic (exact) mass is 245 g/mol. The fourth-order valence-corrected chi connectivity index (χ4v) is 2.73. The second kappa shape index (κ2) is 6.58. The summed E-state index contributed by atoms with van der Waals surface area (Å²) in [5.41, 5.74) is 2.84. The Bertz CT molecular complexity index is 433. The molecule has 0 aliphatic rings. The molecule has 0 spiro atoms. The fourth-order valence-electron chi connectivity index (χ4n) is 1.85. The molecular formula is C15H19NS. The van der Waals surface area contributed by atoms with Gasteiger partial charge in [0.2, 0.25) is 0 Å². The lowest BCUT2D eigenvalue weighted by molar-refractivity contribution is 0.653. The Morgan fingerprint density at radius 3 is 2.65 bits per heavy atom. The third-order valence-electron chi connectivity index (χ3n) is 2.92. The molecule has 1 N–H and O–H groups in total. The predicted octanol–water partition coefficient (Wildman–Crippen LogP) is 3.78. The van der Waals surface area contributed by atoms with Crippen molar-refractivity contribution >= 4 is 11.3 Å². The van der Waals surface area contributed by atoms with E-state index < -0.39 is 0 Å². The minimum absolute atomic E-state index is 1.01. The molecule has 2 aromatic rings. The van der Waals surface area contributed by atoms with Gasteiger partial charge in [-0.15, -0.1) is 11.3 Å². The van der Waals surface area contributed by atoms with Gasteiger partial charge in [-0.1, -0.05) is 30.3 Å². The molecule has 0 aliphatic heterocycles. The van der Waals surface area contributed by atoms with E-state index in [-0.39, 0.29) is 0 Å². The molecule has 17 heavy (non-hydrogen) atoms. The molecule has 0 saturated carbocycles. The summed E-state index contributed by atoms with van der Waals surface area (Å²) in [6, 6.07) is 12.9. The van der Waals surface area contributed by atoms with Crippen LogP contribution in [-0.4, -0.2) is 6.54 Å². The first-order valence-electron chi connectivity index (χ1n) is 6.14. The van der Waals surface area contributed by atoms with Crippen LogP contribution < -0.4 is 5.32 Å². The molecule has 0 saturated heterocycles. The SMILES string of the molecule is Cc1ccsc1CNCCCc1ccccc1. The molecule has 90 valence electrons. The van der Waals surface area contributed by atoms with Crippen LogP contribution in [0.3, 0.4) is 0 Å². The van der Waals surface area contributed by atoms with Crippen molar-refractivity contribution in [2.45, 2.75) is 26.3 Å². The largest absolute Gasteiger partial charge is 0.312 e. The number of thiophene rings is 1. The van der Waals surface area contributed by atoms with Crippen molar-refractivity contribution < 1.29 is 0 Å². The van der Waals surface area contributed by atoms with Gasteiger partial charge in [0.1, 0.15) is 0 Å². The Morgan fingerprint density at radius 1 is 1.12 bits per heavy atom. The quantitative estimate of drug-likeness (QED) is 0.764. The molecule has 1 heterocycles. The Morgan fingerprint density at radius 2 is 1.94 bits per heavy atom. The van der Waals surface area contributed by atoms with Crippen molar-refractivity contribution in [3.63, 3.8) is 0 Å². The highest BCUT2D eigenvalue weighted by Gasteiger charge is 1.98. The van der Waals surface area contributed by atoms with Crippen molar-refractivity contribution in [1.82, 2.24) is 5.32 Å². The molecule has 0 amide bonds. The highest BCUT2D eigenvalue weighted by atomic mass is 32.1. The standard InChI is InChI=1S/C15H19NS/c1-13-9-11-17-15(13)12-16-10-5-8-14-6-3-2-4-7-14/h2-4,6-7,9,11,16H,5,8,10,12H2,1H3. The summed E-state index contributed by atoms with van der Waals surface area (Å²) in [7, 11) is 0. The molecule has 0 unspecified atom stereocenters. The minimum Gasteiger partial charge on any atom is -0.312 e. The van der Waals surface area contributed by atoms with E-state index in [1.54, 1.807) is 0 Å². The fraction of sp³-hybridized carbons (Fsp3) is 0.333. The molecule has 0 bridgehead atoms. The minimum atomic E-state index is 1.01. The summed E-state index contributed by atoms with van der Waals surface area (Å²) in [6.45, 7) is 4.28. The van der Waals surface area contributed by atoms with Gasteiger partial charge in [-0.2, -0.15) is 0 Å². The first-order chi connectivity index (χ1) is 8.36. The van der Waals surface area contributed by atoms with E-state index in [9.17, 15) is 0 Å². The van der Waals surface area contributed by atoms with Crippen LogP contribution >= 0.6 is 11.3 Å². The van der Waals surface area contributed by atoms with Crippen molar-refractivity contribution in [3.8, 4) is 0 Å². The van der Waals surface area contributed by atoms with Gasteiger partial charge in [0.25, 0.3) is 0 Å². The highest BCUT2D eigenvalue weighted by Crippen LogP contribution is 2.14. The zero-order valence-electron chi connectivity index (χ0n) is 10.3. The Balaban J connectivity index is 1.63. The maximum absolute atomic E-state index is 3.51. The average molecular weight is 245 g/mol. The summed E-state index contributed by atoms with van der Waals surface area (Å²) in [6.07, 6.45) is 2.37. The molecule has 0 radical (unpaired) electrons. The zero-order valence-corrected chi connectivity index (χ0v) is 11.1. The van der Waals surface area contributed by atoms with Gasteiger partial charge >= 0.3 is 0 Å². The maximum Gasteiger partial charge on any atom is 0.0302 e. The summed E-state index contributed by atoms with van der Waals surface area (Å²) < 4.78 is 0. The van der Waals surface area contributed by atoms with E-state index in [2.05, 4.69) is 54.0 Å². The van der Waals surface area contributed by atoms with Crippen LogP contribution in [0.4, 0.5) is 0 Å². The van der Waals surface area contributed by atoms with Crippen LogP contribution in [0, 0.1) is 6.92 Å². The van der Waals surface area contributed by atoms with E-state index in [1.165, 1.54) is 22.4 Å². The number of aryl methyl sites for hydroxylation is 2. The number of hydrogen-bond acceptors (Lipinski definition) is 2. The highest BCUT2D eigenvalue weighted by molar-refractivity contribution is 7.10. The molecule has 1 aromatic carbocycles. The third-order valence-corrected chi connectivity index (χ3v) is 3.94. The van der Waals surface area contributed by atoms with E-state index in [4.69, 9.17) is 0 Å². The van der Waals surface area contributed by atoms with Crippen LogP contribution in [-0.2, 0) is 13.0 Å². The van der Waals surface area contributed by atoms with Gasteiger partial charge in [0.15, 0.2) is 0 Å². The van der Waals surface area contributed by atoms with Gasteiger partial charge in [-0.05, 0) is 48.9 Å². The van der Waals surface area contributed by atoms with Gasteiger partial charge < -0.3 is 5.32 Å². The van der Waals surface area contributed by atoms with Crippen LogP contribution in [0.15, 0.2) is 41.8 Å². The third kappa shape index (κ3) is 3.99. The van der Waals surface area contributed by atoms with Crippen molar-refractivity contribution in [2.24, 2.45) is 0 Å². The molecule has 0 atom stereocenters. The Kier molecular flexibility index (Phi) is 4.77. The number of nitrogens with one attached hydrogen (secondary N) is 1. The topological polar surface area (TPSA) is 12.0 Å². The van der Waals surface area contributed by atoms with Gasteiger partial charge in [-0.25, -0.2) is 0 Å². The molecule has 0 fully saturated rings. The summed E-state index contributed by atoms with van der Waals surface area (Å²) in [4.78, 5) is 1.46. The van der Waals surface area contributed by atoms with Crippen LogP contribution in [0.2, 0.25) is 0 Å². The number of hydrogen-bond donors (Lipinski definition) is 1. The lowest BCUT2D eigenvalue weighted by Crippen LogP contribution is -2.15. The molecule has 0 aliphatic carbocycles. The zero-order chi connectivity index (χ0) is 11.9. The van der Waals surface area contributed by atoms with E-state index in [0.29, 0.717) is 0 Å². The second-order valence-corrected chi connectivity index (χ2v) is 5.29. The molecule has 2 rings (SSSR count). The lowest BCUT2D eigenvalue weighted by atomic mass is 10.1. The maximum atomic E-state index is 3.51. The van der Waals surface area contributed by atoms with Crippen molar-refractivity contribution in [1.29, 1.82) is 0 Å². The number of benzene rings is 1. The normalized spacial score (nSPS) is 10.6. The van der Waals surface area contributed by atoms with Gasteiger partial charge in [0, 0.05) is 11.4 Å². The van der Waals surface area contributed by atoms with Crippen molar-refractivity contribution in [2.75, 3.05) is 6.54 Å². The van der Waals surface area contributed by atoms with E-state index in [0.717, 1.165) is 19.5 Å². The van der Waals surface area contributed by atoms with Crippen LogP contribution in [0.1, 0.15) is 22.4 Å². The van der Waals surface area contributed by atoms with Gasteiger partial charge in [0.05, 0.1) is 0 Å². The summed E-state index contributed by atoms with van der Waals surface area (Å²) >= 11 is 1.84. The van der Waals surface area contributed by atoms with E-state index >= 15 is 0 Å². The molecule has 2 heteroatoms. The smallest absolute Gasteiger partial charge is 0.0302 e. The first-order valence-corrected chi connectivity index (χ1v) is 7.02. The van der Waals surface area contributed by atoms with Gasteiger partial charge in [-0.3, -0.25) is 0 Å². The van der Waals surface area contributed by atoms with E-state index in [1.807, 2.05) is 11.3 Å². The molecule has 1 nitrogen and oxygen atoms in total. The first kappa shape index (κ1) is 12.3. The Hall–Kier alpha value is -1.12. The number of rotatable bonds is 6. The predicted molar refractivity (Wildman–Crippen MR) is 75.5 cm³/mol. The summed E-state index contributed by atoms with van der Waals surface area (Å²) in [5.74, 6) is 0.